The predicted octanol–water partition coefficient (Wildman–Crippen LogP) is -0.998. The Kier molecular flexibility index (Phi) is 1.92. The maximum Gasteiger partial charge on any atom is 0.0591 e. The van der Waals surface area contributed by atoms with Gasteiger partial charge in [-0.25, -0.2) is 0 Å². The number of hydrazine groups is 2. The molecule has 1 heterocycles. The Morgan fingerprint density at radius 1 is 1.78 bits per heavy atom. The normalized spacial score (nSPS) is 17.6. The van der Waals surface area contributed by atoms with Crippen LogP contribution >= 0.6 is 0 Å². The number of hydrogen-bond acceptors (Lipinski definition) is 4. The third-order valence-electron chi connectivity index (χ3n) is 1.11. The van der Waals surface area contributed by atoms with Crippen LogP contribution in [0.3, 0.4) is 0 Å². The maximum atomic E-state index is 3.03. The van der Waals surface area contributed by atoms with Crippen molar-refractivity contribution in [2.45, 2.75) is 0 Å². The number of nitrogens with one attached hydrogen (secondary N) is 3. The molecule has 3 N–H and O–H groups in total. The van der Waals surface area contributed by atoms with Gasteiger partial charge in [-0.3, -0.25) is 5.01 Å². The van der Waals surface area contributed by atoms with E-state index in [0.29, 0.717) is 0 Å². The fraction of sp³-hybridized carbons (Fsp3) is 0.600. The van der Waals surface area contributed by atoms with E-state index in [9.17, 15) is 0 Å². The fourth-order valence-corrected chi connectivity index (χ4v) is 0.739. The smallest absolute Gasteiger partial charge is 0.0591 e. The summed E-state index contributed by atoms with van der Waals surface area (Å²) in [4.78, 5) is 0. The van der Waals surface area contributed by atoms with Crippen molar-refractivity contribution in [1.29, 1.82) is 0 Å². The quantitative estimate of drug-likeness (QED) is 0.446. The number of rotatable bonds is 2. The van der Waals surface area contributed by atoms with E-state index in [-0.39, 0.29) is 0 Å². The summed E-state index contributed by atoms with van der Waals surface area (Å²) in [6, 6.07) is 0. The summed E-state index contributed by atoms with van der Waals surface area (Å²) in [5.74, 6) is 0. The lowest BCUT2D eigenvalue weighted by Gasteiger charge is -2.05. The third kappa shape index (κ3) is 1.58. The second kappa shape index (κ2) is 2.70. The van der Waals surface area contributed by atoms with Crippen molar-refractivity contribution in [3.8, 4) is 0 Å². The highest BCUT2D eigenvalue weighted by atomic mass is 15.7. The molecule has 0 atom stereocenters. The minimum Gasteiger partial charge on any atom is -0.314 e. The van der Waals surface area contributed by atoms with E-state index in [1.807, 2.05) is 25.3 Å². The monoisotopic (exact) mass is 128 g/mol. The molecule has 1 aliphatic rings. The van der Waals surface area contributed by atoms with Gasteiger partial charge in [0.05, 0.1) is 5.70 Å². The van der Waals surface area contributed by atoms with Crippen molar-refractivity contribution in [3.05, 3.63) is 11.9 Å². The highest BCUT2D eigenvalue weighted by Crippen LogP contribution is 1.92. The Balaban J connectivity index is 2.33. The Hall–Kier alpha value is -0.740. The van der Waals surface area contributed by atoms with Gasteiger partial charge in [-0.15, -0.1) is 5.53 Å². The van der Waals surface area contributed by atoms with Crippen LogP contribution in [0, 0.1) is 0 Å². The van der Waals surface area contributed by atoms with Gasteiger partial charge in [0.15, 0.2) is 0 Å². The molecule has 0 aromatic heterocycles. The minimum atomic E-state index is 0.872. The lowest BCUT2D eigenvalue weighted by atomic mass is 10.5. The highest BCUT2D eigenvalue weighted by Gasteiger charge is 2.03. The first-order chi connectivity index (χ1) is 4.33. The van der Waals surface area contributed by atoms with E-state index >= 15 is 0 Å². The van der Waals surface area contributed by atoms with Crippen molar-refractivity contribution < 1.29 is 0 Å². The Morgan fingerprint density at radius 2 is 2.56 bits per heavy atom. The van der Waals surface area contributed by atoms with Crippen LogP contribution in [-0.2, 0) is 0 Å². The summed E-state index contributed by atoms with van der Waals surface area (Å²) in [6.07, 6.45) is 2.00. The van der Waals surface area contributed by atoms with E-state index in [0.717, 1.165) is 12.2 Å². The number of likely N-dealkylation sites (N-methyl/N-ethyl adjacent to an activating group) is 1. The largest absolute Gasteiger partial charge is 0.314 e. The van der Waals surface area contributed by atoms with Crippen molar-refractivity contribution in [1.82, 2.24) is 21.3 Å². The molecule has 52 valence electrons. The molecule has 4 heteroatoms. The molecule has 0 fully saturated rings. The standard InChI is InChI=1S/C5H12N4/c1-6-3-5-4-9(2)8-7-5/h4,6-8H,3H2,1-2H3. The molecule has 0 radical (unpaired) electrons. The predicted molar refractivity (Wildman–Crippen MR) is 36.0 cm³/mol. The van der Waals surface area contributed by atoms with Gasteiger partial charge in [0.1, 0.15) is 0 Å². The van der Waals surface area contributed by atoms with Gasteiger partial charge >= 0.3 is 0 Å². The molecule has 4 nitrogen and oxygen atoms in total. The second-order valence-electron chi connectivity index (χ2n) is 2.03. The van der Waals surface area contributed by atoms with Crippen LogP contribution in [0.15, 0.2) is 11.9 Å². The molecular formula is C5H12N4. The van der Waals surface area contributed by atoms with Crippen LogP contribution in [0.25, 0.3) is 0 Å². The minimum absolute atomic E-state index is 0.872. The molecule has 1 aliphatic heterocycles. The average Bonchev–Trinajstić information content (AvgIpc) is 2.17. The van der Waals surface area contributed by atoms with Gasteiger partial charge in [0, 0.05) is 19.8 Å². The molecule has 0 unspecified atom stereocenters. The van der Waals surface area contributed by atoms with Crippen LogP contribution < -0.4 is 16.3 Å². The Bertz CT molecular complexity index is 120. The van der Waals surface area contributed by atoms with Gasteiger partial charge in [-0.1, -0.05) is 0 Å². The average molecular weight is 128 g/mol. The zero-order valence-electron chi connectivity index (χ0n) is 5.73. The van der Waals surface area contributed by atoms with Crippen LogP contribution in [0.2, 0.25) is 0 Å². The molecule has 0 spiro atoms. The molecule has 0 saturated carbocycles. The molecular weight excluding hydrogens is 116 g/mol. The van der Waals surface area contributed by atoms with Crippen molar-refractivity contribution in [2.75, 3.05) is 20.6 Å². The van der Waals surface area contributed by atoms with Gasteiger partial charge in [0.25, 0.3) is 0 Å². The molecule has 1 rings (SSSR count). The molecule has 0 bridgehead atoms. The number of nitrogens with zero attached hydrogens (tertiary/aromatic N) is 1. The van der Waals surface area contributed by atoms with Crippen molar-refractivity contribution in [3.63, 3.8) is 0 Å². The van der Waals surface area contributed by atoms with E-state index in [1.54, 1.807) is 0 Å². The van der Waals surface area contributed by atoms with Gasteiger partial charge < -0.3 is 10.7 Å². The third-order valence-corrected chi connectivity index (χ3v) is 1.11. The zero-order valence-corrected chi connectivity index (χ0v) is 5.73. The maximum absolute atomic E-state index is 3.03. The zero-order chi connectivity index (χ0) is 6.69. The van der Waals surface area contributed by atoms with Crippen LogP contribution in [0.1, 0.15) is 0 Å². The van der Waals surface area contributed by atoms with Crippen molar-refractivity contribution >= 4 is 0 Å². The summed E-state index contributed by atoms with van der Waals surface area (Å²) in [7, 11) is 3.86. The van der Waals surface area contributed by atoms with E-state index in [2.05, 4.69) is 16.3 Å². The molecule has 0 amide bonds. The van der Waals surface area contributed by atoms with Crippen LogP contribution in [0.4, 0.5) is 0 Å². The Labute approximate surface area is 54.9 Å². The summed E-state index contributed by atoms with van der Waals surface area (Å²) in [5.41, 5.74) is 7.04. The van der Waals surface area contributed by atoms with E-state index in [1.165, 1.54) is 0 Å². The number of hydrogen-bond donors (Lipinski definition) is 3. The lowest BCUT2D eigenvalue weighted by Crippen LogP contribution is -2.34. The van der Waals surface area contributed by atoms with Crippen LogP contribution in [-0.4, -0.2) is 25.6 Å². The first-order valence-electron chi connectivity index (χ1n) is 2.92. The highest BCUT2D eigenvalue weighted by molar-refractivity contribution is 5.02. The second-order valence-corrected chi connectivity index (χ2v) is 2.03. The SMILES string of the molecule is CNCC1=CN(C)NN1. The summed E-state index contributed by atoms with van der Waals surface area (Å²) in [6.45, 7) is 0.872. The molecule has 0 aromatic carbocycles. The van der Waals surface area contributed by atoms with Gasteiger partial charge in [-0.05, 0) is 7.05 Å². The molecule has 0 aromatic rings. The molecule has 0 aliphatic carbocycles. The van der Waals surface area contributed by atoms with Crippen molar-refractivity contribution in [2.24, 2.45) is 0 Å². The molecule has 0 saturated heterocycles. The first-order valence-corrected chi connectivity index (χ1v) is 2.92. The first kappa shape index (κ1) is 6.38. The van der Waals surface area contributed by atoms with E-state index in [4.69, 9.17) is 0 Å². The van der Waals surface area contributed by atoms with Gasteiger partial charge in [-0.2, -0.15) is 0 Å². The van der Waals surface area contributed by atoms with E-state index < -0.39 is 0 Å². The summed E-state index contributed by atoms with van der Waals surface area (Å²) >= 11 is 0. The lowest BCUT2D eigenvalue weighted by molar-refractivity contribution is 0.326. The summed E-state index contributed by atoms with van der Waals surface area (Å²) in [5, 5.41) is 4.90. The topological polar surface area (TPSA) is 39.3 Å². The molecule has 9 heavy (non-hydrogen) atoms. The fourth-order valence-electron chi connectivity index (χ4n) is 0.739. The summed E-state index contributed by atoms with van der Waals surface area (Å²) < 4.78 is 0. The van der Waals surface area contributed by atoms with Gasteiger partial charge in [0.2, 0.25) is 0 Å². The Morgan fingerprint density at radius 3 is 3.00 bits per heavy atom. The van der Waals surface area contributed by atoms with Crippen LogP contribution in [0.5, 0.6) is 0 Å².